The Morgan fingerprint density at radius 3 is 2.33 bits per heavy atom. The molecule has 5 N–H and O–H groups in total. The maximum Gasteiger partial charge on any atom is 0.167 e. The first kappa shape index (κ1) is 17.0. The second-order valence-corrected chi connectivity index (χ2v) is 6.08. The van der Waals surface area contributed by atoms with Gasteiger partial charge in [0.15, 0.2) is 17.7 Å². The van der Waals surface area contributed by atoms with Crippen LogP contribution in [-0.2, 0) is 4.74 Å². The monoisotopic (exact) mass is 337 g/mol. The van der Waals surface area contributed by atoms with Gasteiger partial charge in [0, 0.05) is 0 Å². The molecule has 4 atom stereocenters. The van der Waals surface area contributed by atoms with Crippen LogP contribution in [0.1, 0.15) is 38.3 Å². The minimum atomic E-state index is -1.19. The summed E-state index contributed by atoms with van der Waals surface area (Å²) in [4.78, 5) is 11.9. The minimum absolute atomic E-state index is 0.218. The highest BCUT2D eigenvalue weighted by atomic mass is 16.6. The van der Waals surface area contributed by atoms with Crippen LogP contribution in [-0.4, -0.2) is 59.8 Å². The van der Waals surface area contributed by atoms with Crippen LogP contribution < -0.4 is 5.73 Å². The van der Waals surface area contributed by atoms with Crippen molar-refractivity contribution >= 4 is 17.0 Å². The number of hydrogen-bond donors (Lipinski definition) is 4. The first-order chi connectivity index (χ1) is 11.6. The third-order valence-corrected chi connectivity index (χ3v) is 4.43. The molecule has 1 saturated heterocycles. The number of nitrogens with two attached hydrogens (primary N) is 1. The van der Waals surface area contributed by atoms with Gasteiger partial charge in [-0.15, -0.1) is 0 Å². The number of nitrogens with zero attached hydrogens (tertiary/aromatic N) is 4. The fraction of sp³-hybridized carbons (Fsp3) is 0.667. The molecule has 1 aliphatic carbocycles. The molecular formula is C15H23N5O4. The van der Waals surface area contributed by atoms with Crippen molar-refractivity contribution in [1.29, 1.82) is 0 Å². The predicted octanol–water partition coefficient (Wildman–Crippen LogP) is -0.0295. The van der Waals surface area contributed by atoms with Crippen LogP contribution in [0.3, 0.4) is 0 Å². The molecule has 1 aliphatic heterocycles. The van der Waals surface area contributed by atoms with Crippen molar-refractivity contribution in [3.05, 3.63) is 12.7 Å². The largest absolute Gasteiger partial charge is 0.394 e. The zero-order valence-corrected chi connectivity index (χ0v) is 13.3. The van der Waals surface area contributed by atoms with E-state index in [-0.39, 0.29) is 5.82 Å². The average molecular weight is 337 g/mol. The molecule has 0 aromatic carbocycles. The molecule has 2 aromatic heterocycles. The Balaban J connectivity index is 0.000000290. The first-order valence-corrected chi connectivity index (χ1v) is 8.19. The Bertz CT molecular complexity index is 667. The molecule has 3 heterocycles. The van der Waals surface area contributed by atoms with E-state index in [4.69, 9.17) is 15.6 Å². The summed E-state index contributed by atoms with van der Waals surface area (Å²) >= 11 is 0. The summed E-state index contributed by atoms with van der Waals surface area (Å²) in [5, 5.41) is 28.7. The highest BCUT2D eigenvalue weighted by Gasteiger charge is 2.43. The third-order valence-electron chi connectivity index (χ3n) is 4.43. The van der Waals surface area contributed by atoms with E-state index in [1.54, 1.807) is 0 Å². The molecule has 0 radical (unpaired) electrons. The smallest absolute Gasteiger partial charge is 0.167 e. The van der Waals surface area contributed by atoms with Gasteiger partial charge in [0.2, 0.25) is 0 Å². The molecule has 9 heteroatoms. The van der Waals surface area contributed by atoms with Gasteiger partial charge in [-0.2, -0.15) is 0 Å². The van der Waals surface area contributed by atoms with E-state index < -0.39 is 31.1 Å². The van der Waals surface area contributed by atoms with Gasteiger partial charge in [0.05, 0.1) is 12.9 Å². The van der Waals surface area contributed by atoms with Crippen molar-refractivity contribution in [3.63, 3.8) is 0 Å². The van der Waals surface area contributed by atoms with Crippen molar-refractivity contribution in [3.8, 4) is 0 Å². The number of fused-ring (bicyclic) bond motifs is 1. The van der Waals surface area contributed by atoms with Gasteiger partial charge >= 0.3 is 0 Å². The van der Waals surface area contributed by atoms with Crippen LogP contribution in [0, 0.1) is 0 Å². The fourth-order valence-corrected chi connectivity index (χ4v) is 3.05. The number of anilines is 1. The predicted molar refractivity (Wildman–Crippen MR) is 85.8 cm³/mol. The van der Waals surface area contributed by atoms with E-state index >= 15 is 0 Å². The number of hydrogen-bond acceptors (Lipinski definition) is 8. The molecule has 132 valence electrons. The number of aliphatic hydroxyl groups is 3. The van der Waals surface area contributed by atoms with Gasteiger partial charge in [0.1, 0.15) is 30.2 Å². The van der Waals surface area contributed by atoms with Crippen molar-refractivity contribution in [2.45, 2.75) is 56.6 Å². The van der Waals surface area contributed by atoms with Crippen LogP contribution >= 0.6 is 0 Å². The zero-order valence-electron chi connectivity index (χ0n) is 13.3. The molecule has 0 unspecified atom stereocenters. The quantitative estimate of drug-likeness (QED) is 0.599. The highest BCUT2D eigenvalue weighted by molar-refractivity contribution is 5.81. The Hall–Kier alpha value is -1.81. The molecule has 4 rings (SSSR count). The summed E-state index contributed by atoms with van der Waals surface area (Å²) < 4.78 is 6.85. The number of aromatic nitrogens is 4. The molecule has 2 aromatic rings. The van der Waals surface area contributed by atoms with Crippen molar-refractivity contribution in [2.24, 2.45) is 0 Å². The van der Waals surface area contributed by atoms with Crippen molar-refractivity contribution in [1.82, 2.24) is 19.5 Å². The van der Waals surface area contributed by atoms with Gasteiger partial charge in [-0.25, -0.2) is 15.0 Å². The summed E-state index contributed by atoms with van der Waals surface area (Å²) in [6.07, 6.45) is 6.08. The summed E-state index contributed by atoms with van der Waals surface area (Å²) in [6, 6.07) is 0. The molecule has 2 aliphatic rings. The van der Waals surface area contributed by atoms with Gasteiger partial charge < -0.3 is 25.8 Å². The molecule has 24 heavy (non-hydrogen) atoms. The Labute approximate surface area is 139 Å². The molecular weight excluding hydrogens is 314 g/mol. The van der Waals surface area contributed by atoms with Crippen LogP contribution in [0.5, 0.6) is 0 Å². The average Bonchev–Trinajstić information content (AvgIpc) is 3.32. The second kappa shape index (κ2) is 7.39. The lowest BCUT2D eigenvalue weighted by atomic mass is 10.1. The minimum Gasteiger partial charge on any atom is -0.394 e. The number of rotatable bonds is 2. The maximum atomic E-state index is 9.95. The number of imidazole rings is 1. The fourth-order valence-electron chi connectivity index (χ4n) is 3.05. The Kier molecular flexibility index (Phi) is 5.24. The van der Waals surface area contributed by atoms with Crippen LogP contribution in [0.4, 0.5) is 5.82 Å². The number of aliphatic hydroxyl groups excluding tert-OH is 3. The lowest BCUT2D eigenvalue weighted by Gasteiger charge is -2.16. The van der Waals surface area contributed by atoms with E-state index in [2.05, 4.69) is 15.0 Å². The standard InChI is InChI=1S/C10H13N5O4.C5H10/c11-8-5-9(13-2-12-8)15(3-14-5)10-7(18)6(17)4(1-16)19-10;1-2-4-5-3-1/h2-4,6-7,10,16-18H,1H2,(H2,11,12,13);1-5H2/t4-,6-,7-,10-;/m1./s1. The van der Waals surface area contributed by atoms with Crippen molar-refractivity contribution < 1.29 is 20.1 Å². The van der Waals surface area contributed by atoms with Crippen LogP contribution in [0.2, 0.25) is 0 Å². The summed E-state index contributed by atoms with van der Waals surface area (Å²) in [5.74, 6) is 0.218. The SMILES string of the molecule is C1CCCC1.Nc1ncnc2c1ncn2[C@@H]1O[C@H](CO)[C@@H](O)[C@H]1O. The van der Waals surface area contributed by atoms with Crippen molar-refractivity contribution in [2.75, 3.05) is 12.3 Å². The lowest BCUT2D eigenvalue weighted by molar-refractivity contribution is -0.0511. The Morgan fingerprint density at radius 1 is 1.08 bits per heavy atom. The van der Waals surface area contributed by atoms with Gasteiger partial charge in [-0.3, -0.25) is 4.57 Å². The van der Waals surface area contributed by atoms with Crippen LogP contribution in [0.25, 0.3) is 11.2 Å². The molecule has 9 nitrogen and oxygen atoms in total. The molecule has 0 bridgehead atoms. The van der Waals surface area contributed by atoms with E-state index in [1.807, 2.05) is 0 Å². The third kappa shape index (κ3) is 3.20. The van der Waals surface area contributed by atoms with E-state index in [9.17, 15) is 10.2 Å². The number of ether oxygens (including phenoxy) is 1. The molecule has 2 fully saturated rings. The van der Waals surface area contributed by atoms with Gasteiger partial charge in [-0.1, -0.05) is 32.1 Å². The second-order valence-electron chi connectivity index (χ2n) is 6.08. The normalized spacial score (nSPS) is 29.6. The zero-order chi connectivity index (χ0) is 17.1. The molecule has 1 saturated carbocycles. The summed E-state index contributed by atoms with van der Waals surface area (Å²) in [7, 11) is 0. The molecule has 0 spiro atoms. The highest BCUT2D eigenvalue weighted by Crippen LogP contribution is 2.31. The summed E-state index contributed by atoms with van der Waals surface area (Å²) in [5.41, 5.74) is 6.44. The summed E-state index contributed by atoms with van der Waals surface area (Å²) in [6.45, 7) is -0.390. The first-order valence-electron chi connectivity index (χ1n) is 8.19. The molecule has 0 amide bonds. The van der Waals surface area contributed by atoms with Crippen LogP contribution in [0.15, 0.2) is 12.7 Å². The topological polar surface area (TPSA) is 140 Å². The van der Waals surface area contributed by atoms with E-state index in [1.165, 1.54) is 49.3 Å². The lowest BCUT2D eigenvalue weighted by Crippen LogP contribution is -2.33. The van der Waals surface area contributed by atoms with E-state index in [0.29, 0.717) is 11.2 Å². The maximum absolute atomic E-state index is 9.95. The van der Waals surface area contributed by atoms with Gasteiger partial charge in [0.25, 0.3) is 0 Å². The number of nitrogen functional groups attached to an aromatic ring is 1. The van der Waals surface area contributed by atoms with E-state index in [0.717, 1.165) is 0 Å². The van der Waals surface area contributed by atoms with Gasteiger partial charge in [-0.05, 0) is 0 Å². The Morgan fingerprint density at radius 2 is 1.75 bits per heavy atom.